The third-order valence-electron chi connectivity index (χ3n) is 17.6. The zero-order valence-electron chi connectivity index (χ0n) is 49.8. The van der Waals surface area contributed by atoms with Crippen molar-refractivity contribution in [3.05, 3.63) is 107 Å². The van der Waals surface area contributed by atoms with Gasteiger partial charge in [-0.15, -0.1) is 0 Å². The van der Waals surface area contributed by atoms with Crippen molar-refractivity contribution in [1.82, 2.24) is 40.0 Å². The molecule has 5 aromatic rings. The summed E-state index contributed by atoms with van der Waals surface area (Å²) in [7, 11) is -1.07. The van der Waals surface area contributed by atoms with Crippen LogP contribution >= 0.6 is 0 Å². The Labute approximate surface area is 479 Å². The van der Waals surface area contributed by atoms with Crippen molar-refractivity contribution in [2.75, 3.05) is 26.7 Å². The van der Waals surface area contributed by atoms with E-state index in [0.717, 1.165) is 61.3 Å². The molecule has 6 heterocycles. The Morgan fingerprint density at radius 1 is 0.877 bits per heavy atom. The lowest BCUT2D eigenvalue weighted by Gasteiger charge is -2.42. The summed E-state index contributed by atoms with van der Waals surface area (Å²) in [5.41, 5.74) is 12.5. The average molecular weight is 1120 g/mol. The van der Waals surface area contributed by atoms with Crippen molar-refractivity contribution in [3.8, 4) is 28.1 Å². The van der Waals surface area contributed by atoms with Crippen LogP contribution in [0.15, 0.2) is 85.2 Å². The Kier molecular flexibility index (Phi) is 17.2. The van der Waals surface area contributed by atoms with E-state index in [1.165, 1.54) is 22.5 Å². The highest BCUT2D eigenvalue weighted by Gasteiger charge is 2.66. The van der Waals surface area contributed by atoms with Crippen LogP contribution in [0.5, 0.6) is 5.75 Å². The highest BCUT2D eigenvalue weighted by atomic mass is 28.4. The Morgan fingerprint density at radius 2 is 1.57 bits per heavy atom. The predicted molar refractivity (Wildman–Crippen MR) is 317 cm³/mol. The molecule has 0 aliphatic carbocycles. The molecule has 3 fully saturated rings. The Bertz CT molecular complexity index is 3160. The molecule has 432 valence electrons. The third-order valence-corrected chi connectivity index (χ3v) is 23.6. The average Bonchev–Trinajstić information content (AvgIpc) is 4.16. The number of benzene rings is 3. The minimum absolute atomic E-state index is 0.0298. The maximum Gasteiger partial charge on any atom is 0.324 e. The molecule has 1 unspecified atom stereocenters. The van der Waals surface area contributed by atoms with Crippen molar-refractivity contribution in [1.29, 1.82) is 0 Å². The predicted octanol–water partition coefficient (Wildman–Crippen LogP) is 9.26. The summed E-state index contributed by atoms with van der Waals surface area (Å²) >= 11 is 0. The summed E-state index contributed by atoms with van der Waals surface area (Å²) in [6.07, 6.45) is 6.18. The number of rotatable bonds is 16. The van der Waals surface area contributed by atoms with Gasteiger partial charge in [0.2, 0.25) is 23.6 Å². The number of hydrogen-bond acceptors (Lipinski definition) is 11. The molecule has 0 saturated carbocycles. The number of fused-ring (bicyclic) bond motifs is 7. The van der Waals surface area contributed by atoms with Crippen molar-refractivity contribution >= 4 is 54.7 Å². The quantitative estimate of drug-likeness (QED) is 0.0417. The lowest BCUT2D eigenvalue weighted by atomic mass is 9.84. The number of aromatic nitrogens is 2. The Morgan fingerprint density at radius 3 is 2.21 bits per heavy atom. The first kappa shape index (κ1) is 58.9. The molecule has 4 aliphatic heterocycles. The van der Waals surface area contributed by atoms with Gasteiger partial charge in [-0.2, -0.15) is 0 Å². The second kappa shape index (κ2) is 23.6. The minimum Gasteiger partial charge on any atom is -0.543 e. The number of hydrazine groups is 1. The Hall–Kier alpha value is -6.69. The maximum absolute atomic E-state index is 15.3. The van der Waals surface area contributed by atoms with Gasteiger partial charge in [0.25, 0.3) is 14.2 Å². The topological polar surface area (TPSA) is 175 Å². The first-order valence-electron chi connectivity index (χ1n) is 29.4. The van der Waals surface area contributed by atoms with E-state index in [4.69, 9.17) is 9.16 Å². The van der Waals surface area contributed by atoms with E-state index in [0.29, 0.717) is 38.1 Å². The van der Waals surface area contributed by atoms with Crippen molar-refractivity contribution in [2.45, 2.75) is 175 Å². The Balaban J connectivity index is 1.12. The fraction of sp³-hybridized carbons (Fsp3) is 0.516. The molecule has 6 bridgehead atoms. The molecule has 4 aliphatic rings. The SMILES string of the molecule is CCc1ccncc1-c1c2c3cc(ccc3n1CC)-c1cc(cc(O[Si](C(C)C)(C(C)C)C(C)C)c1)C[C@H](NC(=O)[C@H](C(C)C)N(C)C(=O)CN1C(=O)[C@@H]3[C@H](C1=O)N3Cc1ccccc1)C(=O)N1CCC[C@H](N1)C(=O)OCC(C)(C)C2. The summed E-state index contributed by atoms with van der Waals surface area (Å²) < 4.78 is 16.1. The number of carbonyl (C=O) groups excluding carboxylic acids is 6. The summed E-state index contributed by atoms with van der Waals surface area (Å²) in [6.45, 7) is 26.7. The van der Waals surface area contributed by atoms with Crippen molar-refractivity contribution < 1.29 is 37.9 Å². The molecular formula is C64H84N8O8Si. The van der Waals surface area contributed by atoms with E-state index in [1.54, 1.807) is 0 Å². The van der Waals surface area contributed by atoms with Crippen LogP contribution in [0, 0.1) is 11.3 Å². The van der Waals surface area contributed by atoms with E-state index in [2.05, 4.69) is 126 Å². The molecule has 3 saturated heterocycles. The van der Waals surface area contributed by atoms with E-state index in [9.17, 15) is 19.2 Å². The van der Waals surface area contributed by atoms with Gasteiger partial charge in [-0.05, 0) is 119 Å². The van der Waals surface area contributed by atoms with Gasteiger partial charge in [0.1, 0.15) is 42.5 Å². The zero-order chi connectivity index (χ0) is 58.4. The van der Waals surface area contributed by atoms with Gasteiger partial charge >= 0.3 is 5.97 Å². The largest absolute Gasteiger partial charge is 0.543 e. The molecule has 2 N–H and O–H groups in total. The molecule has 17 heteroatoms. The number of hydrogen-bond donors (Lipinski definition) is 2. The van der Waals surface area contributed by atoms with E-state index in [1.807, 2.05) is 67.5 Å². The molecule has 5 amide bonds. The molecule has 3 aromatic carbocycles. The second-order valence-corrected chi connectivity index (χ2v) is 30.4. The van der Waals surface area contributed by atoms with Gasteiger partial charge in [-0.3, -0.25) is 48.6 Å². The molecule has 9 rings (SSSR count). The van der Waals surface area contributed by atoms with E-state index in [-0.39, 0.29) is 36.2 Å². The number of likely N-dealkylation sites (tertiary alicyclic amines) is 1. The third kappa shape index (κ3) is 11.6. The number of nitrogens with zero attached hydrogens (tertiary/aromatic N) is 6. The number of pyridine rings is 1. The van der Waals surface area contributed by atoms with Gasteiger partial charge < -0.3 is 23.9 Å². The molecule has 2 aromatic heterocycles. The molecule has 6 atom stereocenters. The van der Waals surface area contributed by atoms with Gasteiger partial charge in [-0.25, -0.2) is 5.43 Å². The lowest BCUT2D eigenvalue weighted by Crippen LogP contribution is -2.62. The van der Waals surface area contributed by atoms with Gasteiger partial charge in [0.05, 0.1) is 12.3 Å². The highest BCUT2D eigenvalue weighted by molar-refractivity contribution is 6.78. The molecule has 81 heavy (non-hydrogen) atoms. The molecule has 0 radical (unpaired) electrons. The van der Waals surface area contributed by atoms with Crippen LogP contribution in [0.3, 0.4) is 0 Å². The smallest absolute Gasteiger partial charge is 0.324 e. The zero-order valence-corrected chi connectivity index (χ0v) is 50.8. The van der Waals surface area contributed by atoms with Gasteiger partial charge in [0.15, 0.2) is 0 Å². The summed E-state index contributed by atoms with van der Waals surface area (Å²) in [5, 5.41) is 5.60. The lowest BCUT2D eigenvalue weighted by molar-refractivity contribution is -0.156. The fourth-order valence-corrected chi connectivity index (χ4v) is 18.8. The number of ether oxygens (including phenoxy) is 1. The number of esters is 1. The van der Waals surface area contributed by atoms with Gasteiger partial charge in [0, 0.05) is 67.4 Å². The summed E-state index contributed by atoms with van der Waals surface area (Å²) in [6, 6.07) is 20.1. The number of cyclic esters (lactones) is 1. The van der Waals surface area contributed by atoms with Crippen LogP contribution < -0.4 is 15.2 Å². The van der Waals surface area contributed by atoms with Crippen molar-refractivity contribution in [3.63, 3.8) is 0 Å². The number of piperazine rings is 1. The normalized spacial score (nSPS) is 21.6. The summed E-state index contributed by atoms with van der Waals surface area (Å²) in [4.78, 5) is 94.9. The first-order chi connectivity index (χ1) is 38.5. The van der Waals surface area contributed by atoms with E-state index >= 15 is 9.59 Å². The number of amides is 5. The number of nitrogens with one attached hydrogen (secondary N) is 2. The van der Waals surface area contributed by atoms with Gasteiger partial charge in [-0.1, -0.05) is 119 Å². The van der Waals surface area contributed by atoms with Crippen molar-refractivity contribution in [2.24, 2.45) is 11.3 Å². The van der Waals surface area contributed by atoms with Crippen LogP contribution in [0.2, 0.25) is 16.6 Å². The molecule has 16 nitrogen and oxygen atoms in total. The standard InChI is InChI=1S/C64H84N8O8Si/c1-14-44-25-26-65-34-50(44)56-49-33-64(11,12)37-79-63(78)51-22-19-27-72(67-51)60(75)52(66-59(74)55(38(3)4)68(13)54(73)36-71-61(76)57-58(62(71)77)70(57)35-42-20-17-16-18-21-42)30-43-28-46(45-23-24-53(48(49)32-45)69(56)15-2)31-47(29-43)80-81(39(5)6,40(7)8)41(9)10/h16-18,20-21,23-26,28-29,31-32,34,38-41,51-52,55,57-58,67H,14-15,19,22,27,30,33,35-37H2,1-13H3,(H,66,74)/t51-,52-,55-,57-,58+,70?/m0/s1. The van der Waals surface area contributed by atoms with Crippen LogP contribution in [0.25, 0.3) is 33.3 Å². The fourth-order valence-electron chi connectivity index (χ4n) is 13.6. The van der Waals surface area contributed by atoms with Crippen LogP contribution in [-0.4, -0.2) is 130 Å². The maximum atomic E-state index is 15.3. The highest BCUT2D eigenvalue weighted by Crippen LogP contribution is 2.46. The second-order valence-electron chi connectivity index (χ2n) is 25.0. The molecule has 0 spiro atoms. The number of likely N-dealkylation sites (N-methyl/N-ethyl adjacent to an activating group) is 1. The number of imide groups is 1. The monoisotopic (exact) mass is 1120 g/mol. The summed E-state index contributed by atoms with van der Waals surface area (Å²) in [5.74, 6) is -2.74. The minimum atomic E-state index is -2.56. The van der Waals surface area contributed by atoms with Crippen LogP contribution in [0.1, 0.15) is 118 Å². The van der Waals surface area contributed by atoms with E-state index < -0.39 is 91.9 Å². The number of aryl methyl sites for hydroxylation is 2. The first-order valence-corrected chi connectivity index (χ1v) is 31.5. The van der Waals surface area contributed by atoms with Crippen LogP contribution in [0.4, 0.5) is 0 Å². The molecular weight excluding hydrogens is 1040 g/mol. The number of carbonyl (C=O) groups is 6. The van der Waals surface area contributed by atoms with Crippen LogP contribution in [-0.2, 0) is 65.9 Å².